The fourth-order valence-corrected chi connectivity index (χ4v) is 4.79. The van der Waals surface area contributed by atoms with E-state index in [9.17, 15) is 4.79 Å². The molecule has 0 unspecified atom stereocenters. The first-order valence-corrected chi connectivity index (χ1v) is 11.8. The predicted octanol–water partition coefficient (Wildman–Crippen LogP) is 5.54. The molecule has 3 rings (SSSR count). The van der Waals surface area contributed by atoms with Gasteiger partial charge in [-0.1, -0.05) is 51.0 Å². The number of nitrogens with one attached hydrogen (secondary N) is 1. The number of nitrogens with two attached hydrogens (primary N) is 1. The Labute approximate surface area is 200 Å². The molecular weight excluding hydrogens is 428 g/mol. The first-order chi connectivity index (χ1) is 15.7. The number of amides is 1. The van der Waals surface area contributed by atoms with E-state index in [1.54, 1.807) is 31.5 Å². The Bertz CT molecular complexity index is 1200. The van der Waals surface area contributed by atoms with Crippen LogP contribution in [0, 0.1) is 17.3 Å². The van der Waals surface area contributed by atoms with Crippen molar-refractivity contribution < 1.29 is 4.79 Å². The van der Waals surface area contributed by atoms with Crippen LogP contribution in [0.1, 0.15) is 67.0 Å². The molecule has 2 heterocycles. The van der Waals surface area contributed by atoms with Gasteiger partial charge in [-0.05, 0) is 47.0 Å². The highest BCUT2D eigenvalue weighted by atomic mass is 32.1. The summed E-state index contributed by atoms with van der Waals surface area (Å²) in [4.78, 5) is 20.0. The van der Waals surface area contributed by atoms with Gasteiger partial charge >= 0.3 is 0 Å². The van der Waals surface area contributed by atoms with Gasteiger partial charge in [0.25, 0.3) is 0 Å². The summed E-state index contributed by atoms with van der Waals surface area (Å²) < 4.78 is 0. The normalized spacial score (nSPS) is 12.5. The number of hydrogen-bond donors (Lipinski definition) is 2. The third kappa shape index (κ3) is 5.50. The van der Waals surface area contributed by atoms with E-state index in [1.807, 2.05) is 24.4 Å². The molecule has 0 bridgehead atoms. The van der Waals surface area contributed by atoms with Crippen LogP contribution in [-0.4, -0.2) is 28.8 Å². The summed E-state index contributed by atoms with van der Waals surface area (Å²) in [6, 6.07) is 12.3. The Balaban J connectivity index is 1.98. The minimum absolute atomic E-state index is 0.102. The number of pyridine rings is 1. The second kappa shape index (κ2) is 10.5. The van der Waals surface area contributed by atoms with Gasteiger partial charge in [-0.25, -0.2) is 0 Å². The number of aromatic nitrogens is 1. The topological polar surface area (TPSA) is 83.1 Å². The van der Waals surface area contributed by atoms with Crippen molar-refractivity contribution in [1.82, 2.24) is 9.88 Å². The number of carbonyl (C=O) groups is 1. The quantitative estimate of drug-likeness (QED) is 0.289. The summed E-state index contributed by atoms with van der Waals surface area (Å²) in [5.74, 6) is 5.35. The average molecular weight is 459 g/mol. The van der Waals surface area contributed by atoms with E-state index in [4.69, 9.17) is 11.1 Å². The van der Waals surface area contributed by atoms with Crippen LogP contribution < -0.4 is 5.73 Å². The van der Waals surface area contributed by atoms with Gasteiger partial charge in [0.15, 0.2) is 5.96 Å². The number of guanidine groups is 1. The molecule has 0 radical (unpaired) electrons. The SMILES string of the molecule is CC#Cc1cncc(-c2csc([C@H](C)[C@H](C(=O)N(C)C(=N)N)c3ccc(C(C)C)cc3)c2)c1. The van der Waals surface area contributed by atoms with Crippen LogP contribution in [0.25, 0.3) is 11.1 Å². The van der Waals surface area contributed by atoms with Crippen molar-refractivity contribution in [3.63, 3.8) is 0 Å². The van der Waals surface area contributed by atoms with Gasteiger partial charge in [0.05, 0.1) is 5.92 Å². The minimum Gasteiger partial charge on any atom is -0.370 e. The second-order valence-corrected chi connectivity index (χ2v) is 9.39. The molecule has 0 saturated carbocycles. The molecule has 5 nitrogen and oxygen atoms in total. The fourth-order valence-electron chi connectivity index (χ4n) is 3.78. The molecule has 33 heavy (non-hydrogen) atoms. The highest BCUT2D eigenvalue weighted by Gasteiger charge is 2.32. The monoisotopic (exact) mass is 458 g/mol. The number of likely N-dealkylation sites (N-methyl/N-ethyl adjacent to an activating group) is 1. The van der Waals surface area contributed by atoms with Gasteiger partial charge in [0, 0.05) is 41.4 Å². The lowest BCUT2D eigenvalue weighted by Crippen LogP contribution is -2.41. The minimum atomic E-state index is -0.456. The van der Waals surface area contributed by atoms with Crippen molar-refractivity contribution in [2.75, 3.05) is 7.05 Å². The Morgan fingerprint density at radius 3 is 2.36 bits per heavy atom. The summed E-state index contributed by atoms with van der Waals surface area (Å²) >= 11 is 1.62. The highest BCUT2D eigenvalue weighted by Crippen LogP contribution is 2.39. The molecule has 170 valence electrons. The molecule has 0 aliphatic heterocycles. The molecule has 3 N–H and O–H groups in total. The first-order valence-electron chi connectivity index (χ1n) is 10.9. The van der Waals surface area contributed by atoms with Gasteiger partial charge in [0.1, 0.15) is 0 Å². The van der Waals surface area contributed by atoms with Crippen molar-refractivity contribution in [1.29, 1.82) is 5.41 Å². The van der Waals surface area contributed by atoms with E-state index in [2.05, 4.69) is 61.2 Å². The number of carbonyl (C=O) groups excluding carboxylic acids is 1. The van der Waals surface area contributed by atoms with Crippen molar-refractivity contribution in [3.8, 4) is 23.0 Å². The summed E-state index contributed by atoms with van der Waals surface area (Å²) in [6.07, 6.45) is 3.58. The van der Waals surface area contributed by atoms with Gasteiger partial charge < -0.3 is 5.73 Å². The zero-order valence-corrected chi connectivity index (χ0v) is 20.5. The third-order valence-electron chi connectivity index (χ3n) is 5.83. The number of hydrogen-bond acceptors (Lipinski definition) is 4. The maximum Gasteiger partial charge on any atom is 0.237 e. The summed E-state index contributed by atoms with van der Waals surface area (Å²) in [5.41, 5.74) is 10.7. The van der Waals surface area contributed by atoms with E-state index in [0.717, 1.165) is 27.1 Å². The largest absolute Gasteiger partial charge is 0.370 e. The molecule has 6 heteroatoms. The third-order valence-corrected chi connectivity index (χ3v) is 6.96. The average Bonchev–Trinajstić information content (AvgIpc) is 3.30. The van der Waals surface area contributed by atoms with E-state index >= 15 is 0 Å². The Morgan fingerprint density at radius 1 is 1.09 bits per heavy atom. The van der Waals surface area contributed by atoms with Crippen molar-refractivity contribution in [2.45, 2.75) is 45.4 Å². The first kappa shape index (κ1) is 24.2. The van der Waals surface area contributed by atoms with Gasteiger partial charge in [-0.2, -0.15) is 0 Å². The molecule has 0 aliphatic rings. The Kier molecular flexibility index (Phi) is 7.67. The van der Waals surface area contributed by atoms with Crippen LogP contribution in [0.15, 0.2) is 54.2 Å². The van der Waals surface area contributed by atoms with Crippen LogP contribution in [-0.2, 0) is 4.79 Å². The van der Waals surface area contributed by atoms with Gasteiger partial charge in [-0.15, -0.1) is 17.3 Å². The van der Waals surface area contributed by atoms with Crippen molar-refractivity contribution in [2.24, 2.45) is 5.73 Å². The summed E-state index contributed by atoms with van der Waals surface area (Å²) in [5, 5.41) is 9.85. The van der Waals surface area contributed by atoms with Gasteiger partial charge in [-0.3, -0.25) is 20.1 Å². The van der Waals surface area contributed by atoms with Gasteiger partial charge in [0.2, 0.25) is 5.91 Å². The number of nitrogens with zero attached hydrogens (tertiary/aromatic N) is 2. The summed E-state index contributed by atoms with van der Waals surface area (Å²) in [7, 11) is 1.55. The van der Waals surface area contributed by atoms with Crippen molar-refractivity contribution in [3.05, 3.63) is 75.7 Å². The molecular formula is C27H30N4OS. The number of thiophene rings is 1. The predicted molar refractivity (Wildman–Crippen MR) is 136 cm³/mol. The zero-order valence-electron chi connectivity index (χ0n) is 19.7. The van der Waals surface area contributed by atoms with E-state index in [-0.39, 0.29) is 17.8 Å². The van der Waals surface area contributed by atoms with Crippen LogP contribution in [0.2, 0.25) is 0 Å². The van der Waals surface area contributed by atoms with Crippen LogP contribution in [0.5, 0.6) is 0 Å². The molecule has 2 aromatic heterocycles. The van der Waals surface area contributed by atoms with Crippen LogP contribution >= 0.6 is 11.3 Å². The molecule has 0 spiro atoms. The molecule has 1 aromatic carbocycles. The Morgan fingerprint density at radius 2 is 1.76 bits per heavy atom. The van der Waals surface area contributed by atoms with Crippen LogP contribution in [0.3, 0.4) is 0 Å². The molecule has 0 aliphatic carbocycles. The summed E-state index contributed by atoms with van der Waals surface area (Å²) in [6.45, 7) is 8.15. The molecule has 3 aromatic rings. The molecule has 0 fully saturated rings. The molecule has 0 saturated heterocycles. The maximum absolute atomic E-state index is 13.4. The molecule has 2 atom stereocenters. The van der Waals surface area contributed by atoms with E-state index < -0.39 is 5.92 Å². The standard InChI is InChI=1S/C27H30N4OS/c1-6-7-19-12-22(15-30-14-19)23-13-24(33-16-23)18(4)25(26(32)31(5)27(28)29)21-10-8-20(9-11-21)17(2)3/h8-18,25H,1-5H3,(H3,28,29)/t18-,25-/m0/s1. The molecule has 1 amide bonds. The van der Waals surface area contributed by atoms with E-state index in [0.29, 0.717) is 5.92 Å². The number of rotatable bonds is 6. The van der Waals surface area contributed by atoms with Crippen molar-refractivity contribution >= 4 is 23.2 Å². The fraction of sp³-hybridized carbons (Fsp3) is 0.296. The highest BCUT2D eigenvalue weighted by molar-refractivity contribution is 7.10. The number of benzene rings is 1. The maximum atomic E-state index is 13.4. The Hall–Kier alpha value is -3.43. The van der Waals surface area contributed by atoms with Crippen LogP contribution in [0.4, 0.5) is 0 Å². The lowest BCUT2D eigenvalue weighted by Gasteiger charge is -2.27. The smallest absolute Gasteiger partial charge is 0.237 e. The lowest BCUT2D eigenvalue weighted by atomic mass is 9.84. The zero-order chi connectivity index (χ0) is 24.1. The lowest BCUT2D eigenvalue weighted by molar-refractivity contribution is -0.128. The second-order valence-electron chi connectivity index (χ2n) is 8.45. The van der Waals surface area contributed by atoms with E-state index in [1.165, 1.54) is 10.5 Å².